The van der Waals surface area contributed by atoms with Gasteiger partial charge in [0.2, 0.25) is 0 Å². The summed E-state index contributed by atoms with van der Waals surface area (Å²) in [5, 5.41) is 23.7. The van der Waals surface area contributed by atoms with Crippen molar-refractivity contribution in [2.45, 2.75) is 31.5 Å². The highest BCUT2D eigenvalue weighted by atomic mass is 35.5. The van der Waals surface area contributed by atoms with Crippen LogP contribution in [0.3, 0.4) is 0 Å². The predicted octanol–water partition coefficient (Wildman–Crippen LogP) is 4.45. The number of aliphatic hydroxyl groups excluding tert-OH is 1. The molecule has 3 aromatic carbocycles. The molecule has 0 aromatic heterocycles. The Morgan fingerprint density at radius 2 is 1.94 bits per heavy atom. The first kappa shape index (κ1) is 24.1. The molecular weight excluding hydrogens is 452 g/mol. The lowest BCUT2D eigenvalue weighted by Crippen LogP contribution is -2.35. The molecule has 0 saturated heterocycles. The number of carboxylic acid groups (broad SMARTS) is 1. The maximum atomic E-state index is 10.9. The number of hydrogen-bond acceptors (Lipinski definition) is 5. The zero-order valence-corrected chi connectivity index (χ0v) is 19.6. The Morgan fingerprint density at radius 1 is 1.12 bits per heavy atom. The molecule has 1 unspecified atom stereocenters. The Balaban J connectivity index is 1.51. The minimum absolute atomic E-state index is 0.142. The van der Waals surface area contributed by atoms with Gasteiger partial charge in [-0.3, -0.25) is 0 Å². The van der Waals surface area contributed by atoms with E-state index in [0.29, 0.717) is 17.3 Å². The summed E-state index contributed by atoms with van der Waals surface area (Å²) in [6.45, 7) is 1.66. The average Bonchev–Trinajstić information content (AvgIpc) is 3.00. The van der Waals surface area contributed by atoms with Gasteiger partial charge in [0, 0.05) is 36.4 Å². The van der Waals surface area contributed by atoms with Gasteiger partial charge in [-0.1, -0.05) is 54.1 Å². The van der Waals surface area contributed by atoms with Gasteiger partial charge in [0.1, 0.15) is 5.75 Å². The average molecular weight is 481 g/mol. The molecule has 1 aliphatic heterocycles. The molecule has 2 atom stereocenters. The zero-order chi connectivity index (χ0) is 23.9. The second kappa shape index (κ2) is 11.4. The summed E-state index contributed by atoms with van der Waals surface area (Å²) >= 11 is 6.07. The molecule has 7 heteroatoms. The number of hydrogen-bond donors (Lipinski definition) is 3. The Kier molecular flexibility index (Phi) is 8.06. The van der Waals surface area contributed by atoms with E-state index in [1.54, 1.807) is 12.1 Å². The summed E-state index contributed by atoms with van der Waals surface area (Å²) in [5.41, 5.74) is 4.21. The Labute approximate surface area is 204 Å². The molecule has 1 heterocycles. The van der Waals surface area contributed by atoms with Gasteiger partial charge in [-0.25, -0.2) is 4.79 Å². The molecule has 34 heavy (non-hydrogen) atoms. The Bertz CT molecular complexity index is 1110. The third kappa shape index (κ3) is 6.50. The van der Waals surface area contributed by atoms with Gasteiger partial charge in [0.25, 0.3) is 0 Å². The van der Waals surface area contributed by atoms with Gasteiger partial charge in [-0.05, 0) is 59.9 Å². The maximum Gasteiger partial charge on any atom is 0.341 e. The largest absolute Gasteiger partial charge is 0.482 e. The van der Waals surface area contributed by atoms with Crippen LogP contribution in [-0.2, 0) is 17.8 Å². The molecule has 0 saturated carbocycles. The van der Waals surface area contributed by atoms with Crippen LogP contribution in [0.1, 0.15) is 29.2 Å². The fourth-order valence-corrected chi connectivity index (χ4v) is 4.52. The van der Waals surface area contributed by atoms with E-state index in [1.807, 2.05) is 48.5 Å². The first-order chi connectivity index (χ1) is 16.5. The van der Waals surface area contributed by atoms with Crippen molar-refractivity contribution in [2.75, 3.05) is 24.6 Å². The van der Waals surface area contributed by atoms with Crippen LogP contribution in [0.25, 0.3) is 0 Å². The van der Waals surface area contributed by atoms with Gasteiger partial charge in [0.05, 0.1) is 6.10 Å². The molecule has 3 N–H and O–H groups in total. The van der Waals surface area contributed by atoms with E-state index < -0.39 is 12.1 Å². The zero-order valence-electron chi connectivity index (χ0n) is 18.9. The van der Waals surface area contributed by atoms with Gasteiger partial charge in [0.15, 0.2) is 6.61 Å². The van der Waals surface area contributed by atoms with E-state index in [0.717, 1.165) is 42.7 Å². The summed E-state index contributed by atoms with van der Waals surface area (Å²) in [6.07, 6.45) is 0.981. The molecule has 178 valence electrons. The first-order valence-electron chi connectivity index (χ1n) is 11.4. The van der Waals surface area contributed by atoms with Crippen molar-refractivity contribution in [3.05, 3.63) is 94.5 Å². The fourth-order valence-electron chi connectivity index (χ4n) is 4.32. The number of nitrogens with zero attached hydrogens (tertiary/aromatic N) is 1. The van der Waals surface area contributed by atoms with E-state index in [2.05, 4.69) is 22.3 Å². The second-order valence-corrected chi connectivity index (χ2v) is 8.99. The standard InChI is InChI=1S/C27H29ClN2O4/c28-22-8-4-7-20(13-22)26(31)16-29-23-11-12-30(17-19-5-2-1-3-6-19)25-10-9-24(15-21(25)14-23)34-18-27(32)33/h1-10,13,15,23,26,29,31H,11-12,14,16-18H2,(H,32,33)/t23?,26-/m0/s1. The summed E-state index contributed by atoms with van der Waals surface area (Å²) in [6, 6.07) is 23.5. The lowest BCUT2D eigenvalue weighted by molar-refractivity contribution is -0.139. The number of halogens is 1. The highest BCUT2D eigenvalue weighted by Crippen LogP contribution is 2.31. The molecule has 0 amide bonds. The van der Waals surface area contributed by atoms with Crippen molar-refractivity contribution in [3.8, 4) is 5.75 Å². The van der Waals surface area contributed by atoms with Crippen LogP contribution in [0.2, 0.25) is 5.02 Å². The van der Waals surface area contributed by atoms with Gasteiger partial charge < -0.3 is 25.2 Å². The molecule has 6 nitrogen and oxygen atoms in total. The number of carboxylic acids is 1. The number of anilines is 1. The molecule has 0 fully saturated rings. The summed E-state index contributed by atoms with van der Waals surface area (Å²) < 4.78 is 5.44. The lowest BCUT2D eigenvalue weighted by atomic mass is 10.0. The van der Waals surface area contributed by atoms with Crippen molar-refractivity contribution >= 4 is 23.3 Å². The molecule has 3 aromatic rings. The minimum atomic E-state index is -1.00. The topological polar surface area (TPSA) is 82.0 Å². The Hall–Kier alpha value is -3.06. The van der Waals surface area contributed by atoms with E-state index in [4.69, 9.17) is 21.4 Å². The maximum absolute atomic E-state index is 10.9. The monoisotopic (exact) mass is 480 g/mol. The summed E-state index contributed by atoms with van der Waals surface area (Å²) in [4.78, 5) is 13.3. The van der Waals surface area contributed by atoms with Crippen molar-refractivity contribution in [3.63, 3.8) is 0 Å². The summed E-state index contributed by atoms with van der Waals surface area (Å²) in [5.74, 6) is -0.462. The SMILES string of the molecule is O=C(O)COc1ccc2c(c1)CC(NC[C@H](O)c1cccc(Cl)c1)CCN2Cc1ccccc1. The fraction of sp³-hybridized carbons (Fsp3) is 0.296. The number of rotatable bonds is 9. The third-order valence-corrected chi connectivity index (χ3v) is 6.25. The number of aliphatic hydroxyl groups is 1. The number of benzene rings is 3. The van der Waals surface area contributed by atoms with Crippen LogP contribution < -0.4 is 15.0 Å². The lowest BCUT2D eigenvalue weighted by Gasteiger charge is -2.25. The number of aliphatic carboxylic acids is 1. The Morgan fingerprint density at radius 3 is 2.71 bits per heavy atom. The van der Waals surface area contributed by atoms with E-state index in [9.17, 15) is 9.90 Å². The third-order valence-electron chi connectivity index (χ3n) is 6.02. The van der Waals surface area contributed by atoms with Gasteiger partial charge >= 0.3 is 5.97 Å². The van der Waals surface area contributed by atoms with Crippen LogP contribution >= 0.6 is 11.6 Å². The van der Waals surface area contributed by atoms with Crippen molar-refractivity contribution < 1.29 is 19.7 Å². The minimum Gasteiger partial charge on any atom is -0.482 e. The smallest absolute Gasteiger partial charge is 0.341 e. The van der Waals surface area contributed by atoms with Gasteiger partial charge in [-0.2, -0.15) is 0 Å². The van der Waals surface area contributed by atoms with Crippen molar-refractivity contribution in [1.29, 1.82) is 0 Å². The molecule has 0 spiro atoms. The van der Waals surface area contributed by atoms with Crippen LogP contribution in [-0.4, -0.2) is 41.9 Å². The second-order valence-electron chi connectivity index (χ2n) is 8.55. The van der Waals surface area contributed by atoms with Crippen LogP contribution in [0.15, 0.2) is 72.8 Å². The van der Waals surface area contributed by atoms with Crippen LogP contribution in [0.5, 0.6) is 5.75 Å². The van der Waals surface area contributed by atoms with E-state index >= 15 is 0 Å². The number of fused-ring (bicyclic) bond motifs is 1. The molecular formula is C27H29ClN2O4. The molecule has 1 aliphatic rings. The van der Waals surface area contributed by atoms with Crippen LogP contribution in [0, 0.1) is 0 Å². The van der Waals surface area contributed by atoms with E-state index in [-0.39, 0.29) is 12.6 Å². The normalized spacial score (nSPS) is 16.4. The highest BCUT2D eigenvalue weighted by Gasteiger charge is 2.23. The van der Waals surface area contributed by atoms with Crippen molar-refractivity contribution in [1.82, 2.24) is 5.32 Å². The molecule has 0 radical (unpaired) electrons. The predicted molar refractivity (Wildman–Crippen MR) is 134 cm³/mol. The quantitative estimate of drug-likeness (QED) is 0.420. The first-order valence-corrected chi connectivity index (χ1v) is 11.8. The number of carbonyl (C=O) groups is 1. The van der Waals surface area contributed by atoms with Crippen LogP contribution in [0.4, 0.5) is 5.69 Å². The van der Waals surface area contributed by atoms with Gasteiger partial charge in [-0.15, -0.1) is 0 Å². The molecule has 4 rings (SSSR count). The molecule has 0 bridgehead atoms. The summed E-state index contributed by atoms with van der Waals surface area (Å²) in [7, 11) is 0. The molecule has 0 aliphatic carbocycles. The number of nitrogens with one attached hydrogen (secondary N) is 1. The van der Waals surface area contributed by atoms with Crippen molar-refractivity contribution in [2.24, 2.45) is 0 Å². The van der Waals surface area contributed by atoms with E-state index in [1.165, 1.54) is 5.56 Å². The highest BCUT2D eigenvalue weighted by molar-refractivity contribution is 6.30. The number of ether oxygens (including phenoxy) is 1.